The van der Waals surface area contributed by atoms with Crippen LogP contribution in [0.25, 0.3) is 0 Å². The van der Waals surface area contributed by atoms with Crippen molar-refractivity contribution in [2.45, 2.75) is 32.7 Å². The van der Waals surface area contributed by atoms with Gasteiger partial charge in [0, 0.05) is 26.1 Å². The maximum absolute atomic E-state index is 11.8. The molecule has 0 radical (unpaired) electrons. The van der Waals surface area contributed by atoms with E-state index in [2.05, 4.69) is 41.4 Å². The topological polar surface area (TPSA) is 41.6 Å². The zero-order chi connectivity index (χ0) is 15.1. The van der Waals surface area contributed by atoms with E-state index in [4.69, 9.17) is 4.74 Å². The van der Waals surface area contributed by atoms with E-state index in [1.807, 2.05) is 6.92 Å². The molecule has 0 aliphatic carbocycles. The molecule has 1 N–H and O–H groups in total. The number of aryl methyl sites for hydroxylation is 1. The maximum atomic E-state index is 11.8. The molecule has 5 heteroatoms. The minimum Gasteiger partial charge on any atom is -0.379 e. The summed E-state index contributed by atoms with van der Waals surface area (Å²) in [6.45, 7) is 8.17. The predicted octanol–water partition coefficient (Wildman–Crippen LogP) is 2.71. The van der Waals surface area contributed by atoms with Crippen molar-refractivity contribution < 1.29 is 9.53 Å². The van der Waals surface area contributed by atoms with Gasteiger partial charge in [0.15, 0.2) is 0 Å². The molecule has 1 atom stereocenters. The molecule has 4 nitrogen and oxygen atoms in total. The third kappa shape index (κ3) is 5.59. The van der Waals surface area contributed by atoms with Crippen molar-refractivity contribution in [2.24, 2.45) is 0 Å². The van der Waals surface area contributed by atoms with E-state index >= 15 is 0 Å². The first-order chi connectivity index (χ1) is 10.2. The van der Waals surface area contributed by atoms with Crippen molar-refractivity contribution in [3.63, 3.8) is 0 Å². The van der Waals surface area contributed by atoms with Crippen LogP contribution in [0.3, 0.4) is 0 Å². The smallest absolute Gasteiger partial charge is 0.220 e. The fourth-order valence-corrected chi connectivity index (χ4v) is 2.66. The van der Waals surface area contributed by atoms with Crippen LogP contribution in [0.1, 0.15) is 36.9 Å². The fraction of sp³-hybridized carbons (Fsp3) is 0.588. The summed E-state index contributed by atoms with van der Waals surface area (Å²) in [5.74, 6) is 0.142. The van der Waals surface area contributed by atoms with Crippen molar-refractivity contribution in [1.82, 2.24) is 10.2 Å². The lowest BCUT2D eigenvalue weighted by Gasteiger charge is -2.35. The first-order valence-electron chi connectivity index (χ1n) is 7.85. The monoisotopic (exact) mass is 326 g/mol. The highest BCUT2D eigenvalue weighted by Gasteiger charge is 2.22. The number of morpholine rings is 1. The fourth-order valence-electron chi connectivity index (χ4n) is 2.66. The number of hydrogen-bond acceptors (Lipinski definition) is 3. The zero-order valence-electron chi connectivity index (χ0n) is 13.5. The third-order valence-electron chi connectivity index (χ3n) is 3.92. The normalized spacial score (nSPS) is 16.6. The first kappa shape index (κ1) is 18.9. The first-order valence-corrected chi connectivity index (χ1v) is 7.85. The van der Waals surface area contributed by atoms with Gasteiger partial charge in [-0.05, 0) is 18.9 Å². The molecular formula is C17H27ClN2O2. The van der Waals surface area contributed by atoms with Gasteiger partial charge in [-0.3, -0.25) is 9.69 Å². The number of nitrogens with one attached hydrogen (secondary N) is 1. The largest absolute Gasteiger partial charge is 0.379 e. The average Bonchev–Trinajstić information content (AvgIpc) is 2.50. The Bertz CT molecular complexity index is 444. The molecule has 0 bridgehead atoms. The van der Waals surface area contributed by atoms with Crippen LogP contribution in [-0.4, -0.2) is 43.7 Å². The number of benzene rings is 1. The van der Waals surface area contributed by atoms with Gasteiger partial charge < -0.3 is 10.1 Å². The highest BCUT2D eigenvalue weighted by molar-refractivity contribution is 5.85. The zero-order valence-corrected chi connectivity index (χ0v) is 14.3. The van der Waals surface area contributed by atoms with Crippen LogP contribution >= 0.6 is 12.4 Å². The lowest BCUT2D eigenvalue weighted by Crippen LogP contribution is -2.43. The number of rotatable bonds is 6. The Labute approximate surface area is 139 Å². The quantitative estimate of drug-likeness (QED) is 0.874. The number of ether oxygens (including phenoxy) is 1. The van der Waals surface area contributed by atoms with Gasteiger partial charge in [-0.1, -0.05) is 36.8 Å². The molecule has 1 aromatic carbocycles. The van der Waals surface area contributed by atoms with E-state index < -0.39 is 0 Å². The molecule has 1 aromatic rings. The standard InChI is InChI=1S/C17H26N2O2.ClH/c1-3-4-17(20)18-13-16(19-9-11-21-12-10-19)15-7-5-14(2)6-8-15;/h5-8,16H,3-4,9-13H2,1-2H3,(H,18,20);1H. The highest BCUT2D eigenvalue weighted by Crippen LogP contribution is 2.21. The summed E-state index contributed by atoms with van der Waals surface area (Å²) in [4.78, 5) is 14.2. The van der Waals surface area contributed by atoms with Gasteiger partial charge >= 0.3 is 0 Å². The summed E-state index contributed by atoms with van der Waals surface area (Å²) in [5, 5.41) is 3.07. The molecule has 2 rings (SSSR count). The number of halogens is 1. The maximum Gasteiger partial charge on any atom is 0.220 e. The minimum absolute atomic E-state index is 0. The molecule has 1 saturated heterocycles. The summed E-state index contributed by atoms with van der Waals surface area (Å²) in [7, 11) is 0. The van der Waals surface area contributed by atoms with Crippen molar-refractivity contribution >= 4 is 18.3 Å². The van der Waals surface area contributed by atoms with Gasteiger partial charge in [0.1, 0.15) is 0 Å². The molecular weight excluding hydrogens is 300 g/mol. The van der Waals surface area contributed by atoms with Gasteiger partial charge in [-0.25, -0.2) is 0 Å². The molecule has 1 fully saturated rings. The van der Waals surface area contributed by atoms with Crippen LogP contribution < -0.4 is 5.32 Å². The van der Waals surface area contributed by atoms with E-state index in [9.17, 15) is 4.79 Å². The van der Waals surface area contributed by atoms with Crippen LogP contribution in [0.4, 0.5) is 0 Å². The van der Waals surface area contributed by atoms with Crippen LogP contribution in [0.5, 0.6) is 0 Å². The van der Waals surface area contributed by atoms with E-state index in [0.717, 1.165) is 32.7 Å². The summed E-state index contributed by atoms with van der Waals surface area (Å²) >= 11 is 0. The van der Waals surface area contributed by atoms with Crippen LogP contribution in [0.15, 0.2) is 24.3 Å². The molecule has 0 spiro atoms. The molecule has 22 heavy (non-hydrogen) atoms. The second-order valence-corrected chi connectivity index (χ2v) is 5.63. The van der Waals surface area contributed by atoms with Gasteiger partial charge in [0.05, 0.1) is 19.3 Å². The van der Waals surface area contributed by atoms with Crippen molar-refractivity contribution in [1.29, 1.82) is 0 Å². The van der Waals surface area contributed by atoms with Crippen LogP contribution in [0, 0.1) is 6.92 Å². The molecule has 1 heterocycles. The average molecular weight is 327 g/mol. The minimum atomic E-state index is 0. The molecule has 1 aliphatic rings. The number of carbonyl (C=O) groups excluding carboxylic acids is 1. The summed E-state index contributed by atoms with van der Waals surface area (Å²) in [6.07, 6.45) is 1.49. The number of hydrogen-bond donors (Lipinski definition) is 1. The Kier molecular flexibility index (Phi) is 8.46. The lowest BCUT2D eigenvalue weighted by atomic mass is 10.0. The SMILES string of the molecule is CCCC(=O)NCC(c1ccc(C)cc1)N1CCOCC1.Cl. The molecule has 0 saturated carbocycles. The van der Waals surface area contributed by atoms with Crippen LogP contribution in [0.2, 0.25) is 0 Å². The lowest BCUT2D eigenvalue weighted by molar-refractivity contribution is -0.121. The van der Waals surface area contributed by atoms with Crippen molar-refractivity contribution in [3.05, 3.63) is 35.4 Å². The Morgan fingerprint density at radius 2 is 1.91 bits per heavy atom. The second-order valence-electron chi connectivity index (χ2n) is 5.63. The molecule has 1 unspecified atom stereocenters. The molecule has 124 valence electrons. The highest BCUT2D eigenvalue weighted by atomic mass is 35.5. The van der Waals surface area contributed by atoms with E-state index in [-0.39, 0.29) is 24.4 Å². The summed E-state index contributed by atoms with van der Waals surface area (Å²) in [5.41, 5.74) is 2.52. The Morgan fingerprint density at radius 3 is 2.50 bits per heavy atom. The second kappa shape index (κ2) is 9.82. The van der Waals surface area contributed by atoms with E-state index in [1.54, 1.807) is 0 Å². The summed E-state index contributed by atoms with van der Waals surface area (Å²) < 4.78 is 5.44. The van der Waals surface area contributed by atoms with Gasteiger partial charge in [0.25, 0.3) is 0 Å². The van der Waals surface area contributed by atoms with Gasteiger partial charge in [-0.2, -0.15) is 0 Å². The van der Waals surface area contributed by atoms with Gasteiger partial charge in [-0.15, -0.1) is 12.4 Å². The van der Waals surface area contributed by atoms with Gasteiger partial charge in [0.2, 0.25) is 5.91 Å². The summed E-state index contributed by atoms with van der Waals surface area (Å²) in [6, 6.07) is 8.84. The Hall–Kier alpha value is -1.10. The van der Waals surface area contributed by atoms with E-state index in [1.165, 1.54) is 11.1 Å². The third-order valence-corrected chi connectivity index (χ3v) is 3.92. The Morgan fingerprint density at radius 1 is 1.27 bits per heavy atom. The molecule has 1 aliphatic heterocycles. The Balaban J connectivity index is 0.00000242. The van der Waals surface area contributed by atoms with Crippen molar-refractivity contribution in [2.75, 3.05) is 32.8 Å². The van der Waals surface area contributed by atoms with Crippen molar-refractivity contribution in [3.8, 4) is 0 Å². The molecule has 1 amide bonds. The molecule has 0 aromatic heterocycles. The van der Waals surface area contributed by atoms with Crippen LogP contribution in [-0.2, 0) is 9.53 Å². The number of carbonyl (C=O) groups is 1. The number of nitrogens with zero attached hydrogens (tertiary/aromatic N) is 1. The number of amides is 1. The van der Waals surface area contributed by atoms with E-state index in [0.29, 0.717) is 13.0 Å². The predicted molar refractivity (Wildman–Crippen MR) is 91.5 cm³/mol.